The molecular weight excluding hydrogens is 354 g/mol. The van der Waals surface area contributed by atoms with Gasteiger partial charge in [-0.1, -0.05) is 0 Å². The van der Waals surface area contributed by atoms with Crippen LogP contribution in [0.25, 0.3) is 11.0 Å². The quantitative estimate of drug-likeness (QED) is 0.577. The van der Waals surface area contributed by atoms with Gasteiger partial charge in [0.1, 0.15) is 12.1 Å². The lowest BCUT2D eigenvalue weighted by molar-refractivity contribution is -0.405. The number of aliphatic hydroxyl groups excluding tert-OH is 1. The molecule has 1 aliphatic rings. The summed E-state index contributed by atoms with van der Waals surface area (Å²) in [6.07, 6.45) is 9.24. The van der Waals surface area contributed by atoms with E-state index in [1.165, 1.54) is 13.4 Å². The van der Waals surface area contributed by atoms with Crippen LogP contribution in [-0.4, -0.2) is 58.7 Å². The molecule has 0 amide bonds. The fourth-order valence-electron chi connectivity index (χ4n) is 3.67. The van der Waals surface area contributed by atoms with Crippen LogP contribution in [0, 0.1) is 11.8 Å². The van der Waals surface area contributed by atoms with Crippen LogP contribution in [-0.2, 0) is 16.8 Å². The normalized spacial score (nSPS) is 22.0. The number of hydrogen-bond acceptors (Lipinski definition) is 5. The fourth-order valence-corrected chi connectivity index (χ4v) is 4.79. The Kier molecular flexibility index (Phi) is 5.69. The van der Waals surface area contributed by atoms with Crippen LogP contribution in [0.4, 0.5) is 5.82 Å². The van der Waals surface area contributed by atoms with Crippen LogP contribution in [0.3, 0.4) is 0 Å². The van der Waals surface area contributed by atoms with E-state index in [-0.39, 0.29) is 18.4 Å². The molecule has 2 aromatic rings. The molecular formula is C17H26N5O3S+. The van der Waals surface area contributed by atoms with Gasteiger partial charge in [0.2, 0.25) is 16.4 Å². The number of rotatable bonds is 6. The highest BCUT2D eigenvalue weighted by Crippen LogP contribution is 2.29. The highest BCUT2D eigenvalue weighted by Gasteiger charge is 2.26. The Balaban J connectivity index is 1.71. The lowest BCUT2D eigenvalue weighted by atomic mass is 9.83. The van der Waals surface area contributed by atoms with Crippen LogP contribution >= 0.6 is 0 Å². The smallest absolute Gasteiger partial charge is 0.335 e. The third-order valence-electron chi connectivity index (χ3n) is 5.11. The lowest BCUT2D eigenvalue weighted by Gasteiger charge is -2.25. The zero-order chi connectivity index (χ0) is 18.7. The third kappa shape index (κ3) is 4.11. The zero-order valence-corrected chi connectivity index (χ0v) is 16.0. The maximum atomic E-state index is 11.7. The van der Waals surface area contributed by atoms with E-state index >= 15 is 0 Å². The van der Waals surface area contributed by atoms with Crippen molar-refractivity contribution >= 4 is 33.1 Å². The number of nitrogens with zero attached hydrogens (tertiary/aromatic N) is 4. The van der Waals surface area contributed by atoms with E-state index < -0.39 is 10.0 Å². The minimum atomic E-state index is -3.14. The van der Waals surface area contributed by atoms with E-state index in [1.807, 2.05) is 17.7 Å². The average Bonchev–Trinajstić information content (AvgIpc) is 3.06. The Labute approximate surface area is 153 Å². The zero-order valence-electron chi connectivity index (χ0n) is 15.2. The van der Waals surface area contributed by atoms with Gasteiger partial charge in [0.15, 0.2) is 5.65 Å². The predicted molar refractivity (Wildman–Crippen MR) is 99.9 cm³/mol. The SMILES string of the molecule is CNS(=O)(=O)CC1CCC(C=[N+](C)c2ncnc3c2ccn3CO)CC1. The van der Waals surface area contributed by atoms with E-state index in [4.69, 9.17) is 0 Å². The molecule has 0 aliphatic heterocycles. The maximum absolute atomic E-state index is 11.7. The average molecular weight is 380 g/mol. The summed E-state index contributed by atoms with van der Waals surface area (Å²) in [6.45, 7) is -0.118. The molecule has 2 heterocycles. The molecule has 0 bridgehead atoms. The number of aromatic nitrogens is 3. The monoisotopic (exact) mass is 380 g/mol. The summed E-state index contributed by atoms with van der Waals surface area (Å²) in [7, 11) is 0.299. The highest BCUT2D eigenvalue weighted by atomic mass is 32.2. The van der Waals surface area contributed by atoms with Crippen molar-refractivity contribution in [1.29, 1.82) is 0 Å². The molecule has 0 spiro atoms. The molecule has 26 heavy (non-hydrogen) atoms. The summed E-state index contributed by atoms with van der Waals surface area (Å²) in [4.78, 5) is 8.64. The van der Waals surface area contributed by atoms with Crippen molar-refractivity contribution in [3.05, 3.63) is 18.6 Å². The molecule has 1 aliphatic carbocycles. The second-order valence-electron chi connectivity index (χ2n) is 6.89. The van der Waals surface area contributed by atoms with Crippen LogP contribution < -0.4 is 4.72 Å². The van der Waals surface area contributed by atoms with Crippen LogP contribution in [0.15, 0.2) is 18.6 Å². The van der Waals surface area contributed by atoms with Crippen molar-refractivity contribution < 1.29 is 18.1 Å². The molecule has 1 saturated carbocycles. The van der Waals surface area contributed by atoms with Gasteiger partial charge in [0.05, 0.1) is 19.0 Å². The van der Waals surface area contributed by atoms with Gasteiger partial charge in [-0.3, -0.25) is 0 Å². The third-order valence-corrected chi connectivity index (χ3v) is 6.65. The number of aliphatic hydroxyl groups is 1. The van der Waals surface area contributed by atoms with Gasteiger partial charge in [-0.25, -0.2) is 17.7 Å². The summed E-state index contributed by atoms with van der Waals surface area (Å²) < 4.78 is 29.5. The molecule has 2 N–H and O–H groups in total. The molecule has 0 aromatic carbocycles. The van der Waals surface area contributed by atoms with Gasteiger partial charge in [-0.2, -0.15) is 4.98 Å². The molecule has 0 atom stereocenters. The van der Waals surface area contributed by atoms with Gasteiger partial charge in [0, 0.05) is 12.1 Å². The largest absolute Gasteiger partial charge is 0.376 e. The van der Waals surface area contributed by atoms with Gasteiger partial charge >= 0.3 is 5.82 Å². The van der Waals surface area contributed by atoms with Crippen molar-refractivity contribution in [2.75, 3.05) is 19.8 Å². The van der Waals surface area contributed by atoms with Crippen LogP contribution in [0.1, 0.15) is 25.7 Å². The molecule has 0 saturated heterocycles. The standard InChI is InChI=1S/C17H26N5O3S/c1-18-26(24,25)10-14-5-3-13(4-6-14)9-21(2)16-15-7-8-22(12-23)17(15)20-11-19-16/h7-9,11,13-14,18,23H,3-6,10,12H2,1-2H3/q+1. The number of hydrogen-bond donors (Lipinski definition) is 2. The molecule has 142 valence electrons. The summed E-state index contributed by atoms with van der Waals surface area (Å²) in [5.74, 6) is 1.65. The number of fused-ring (bicyclic) bond motifs is 1. The number of sulfonamides is 1. The topological polar surface area (TPSA) is 100 Å². The van der Waals surface area contributed by atoms with Crippen molar-refractivity contribution in [3.8, 4) is 0 Å². The predicted octanol–water partition coefficient (Wildman–Crippen LogP) is 1.08. The van der Waals surface area contributed by atoms with Gasteiger partial charge in [0.25, 0.3) is 0 Å². The minimum Gasteiger partial charge on any atom is -0.376 e. The van der Waals surface area contributed by atoms with Crippen LogP contribution in [0.2, 0.25) is 0 Å². The van der Waals surface area contributed by atoms with Crippen molar-refractivity contribution in [2.45, 2.75) is 32.4 Å². The summed E-state index contributed by atoms with van der Waals surface area (Å²) in [5, 5.41) is 10.3. The molecule has 3 rings (SSSR count). The summed E-state index contributed by atoms with van der Waals surface area (Å²) in [5.41, 5.74) is 0.707. The van der Waals surface area contributed by atoms with Crippen molar-refractivity contribution in [3.63, 3.8) is 0 Å². The first-order valence-electron chi connectivity index (χ1n) is 8.83. The van der Waals surface area contributed by atoms with Crippen LogP contribution in [0.5, 0.6) is 0 Å². The Morgan fingerprint density at radius 3 is 2.73 bits per heavy atom. The van der Waals surface area contributed by atoms with E-state index in [0.29, 0.717) is 11.6 Å². The van der Waals surface area contributed by atoms with Crippen molar-refractivity contribution in [1.82, 2.24) is 19.3 Å². The highest BCUT2D eigenvalue weighted by molar-refractivity contribution is 7.89. The molecule has 0 unspecified atom stereocenters. The first-order valence-corrected chi connectivity index (χ1v) is 10.5. The first-order chi connectivity index (χ1) is 12.4. The summed E-state index contributed by atoms with van der Waals surface area (Å²) in [6, 6.07) is 1.91. The molecule has 9 heteroatoms. The lowest BCUT2D eigenvalue weighted by Crippen LogP contribution is -2.29. The van der Waals surface area contributed by atoms with Crippen molar-refractivity contribution in [2.24, 2.45) is 11.8 Å². The van der Waals surface area contributed by atoms with Gasteiger partial charge in [-0.05, 0) is 49.7 Å². The van der Waals surface area contributed by atoms with E-state index in [0.717, 1.165) is 36.9 Å². The number of nitrogens with one attached hydrogen (secondary N) is 1. The Hall–Kier alpha value is -1.84. The minimum absolute atomic E-state index is 0.118. The molecule has 8 nitrogen and oxygen atoms in total. The van der Waals surface area contributed by atoms with Gasteiger partial charge in [-0.15, -0.1) is 0 Å². The van der Waals surface area contributed by atoms with E-state index in [9.17, 15) is 13.5 Å². The van der Waals surface area contributed by atoms with Gasteiger partial charge < -0.3 is 9.67 Å². The Morgan fingerprint density at radius 2 is 2.08 bits per heavy atom. The second kappa shape index (κ2) is 7.81. The fraction of sp³-hybridized carbons (Fsp3) is 0.588. The maximum Gasteiger partial charge on any atom is 0.335 e. The Bertz CT molecular complexity index is 898. The first kappa shape index (κ1) is 18.9. The molecule has 0 radical (unpaired) electrons. The molecule has 2 aromatic heterocycles. The van der Waals surface area contributed by atoms with E-state index in [2.05, 4.69) is 20.9 Å². The van der Waals surface area contributed by atoms with E-state index in [1.54, 1.807) is 10.8 Å². The summed E-state index contributed by atoms with van der Waals surface area (Å²) >= 11 is 0. The molecule has 1 fully saturated rings. The second-order valence-corrected chi connectivity index (χ2v) is 8.86. The Morgan fingerprint density at radius 1 is 1.35 bits per heavy atom.